The third-order valence-electron chi connectivity index (χ3n) is 5.20. The van der Waals surface area contributed by atoms with E-state index in [1.165, 1.54) is 23.1 Å². The Morgan fingerprint density at radius 1 is 1.12 bits per heavy atom. The molecule has 10 heteroatoms. The van der Waals surface area contributed by atoms with Crippen LogP contribution >= 0.6 is 0 Å². The average molecular weight is 383 g/mol. The summed E-state index contributed by atoms with van der Waals surface area (Å²) in [6, 6.07) is 0.0983. The lowest BCUT2D eigenvalue weighted by molar-refractivity contribution is 0.0690. The molecule has 2 heterocycles. The van der Waals surface area contributed by atoms with Crippen LogP contribution in [-0.4, -0.2) is 77.3 Å². The Labute approximate surface area is 153 Å². The molecule has 144 valence electrons. The van der Waals surface area contributed by atoms with E-state index in [2.05, 4.69) is 9.97 Å². The molecule has 26 heavy (non-hydrogen) atoms. The van der Waals surface area contributed by atoms with Crippen molar-refractivity contribution in [1.82, 2.24) is 18.6 Å². The zero-order valence-corrected chi connectivity index (χ0v) is 15.7. The molecule has 0 radical (unpaired) electrons. The zero-order valence-electron chi connectivity index (χ0n) is 14.9. The van der Waals surface area contributed by atoms with Gasteiger partial charge in [-0.15, -0.1) is 0 Å². The zero-order chi connectivity index (χ0) is 18.7. The Kier molecular flexibility index (Phi) is 5.73. The number of piperazine rings is 1. The van der Waals surface area contributed by atoms with Gasteiger partial charge in [0, 0.05) is 39.3 Å². The molecule has 3 rings (SSSR count). The molecule has 0 atom stereocenters. The van der Waals surface area contributed by atoms with Gasteiger partial charge in [0.2, 0.25) is 0 Å². The number of carbonyl (C=O) groups is 1. The first-order valence-electron chi connectivity index (χ1n) is 8.93. The third kappa shape index (κ3) is 3.97. The number of hydrogen-bond donors (Lipinski definition) is 1. The quantitative estimate of drug-likeness (QED) is 0.801. The molecule has 1 aromatic rings. The van der Waals surface area contributed by atoms with Gasteiger partial charge in [-0.1, -0.05) is 19.3 Å². The van der Waals surface area contributed by atoms with Crippen molar-refractivity contribution in [2.75, 3.05) is 38.1 Å². The summed E-state index contributed by atoms with van der Waals surface area (Å²) in [5.74, 6) is -0.557. The minimum atomic E-state index is -3.46. The van der Waals surface area contributed by atoms with Gasteiger partial charge in [0.05, 0.1) is 12.4 Å². The number of rotatable bonds is 5. The number of carboxylic acid groups (broad SMARTS) is 1. The number of carboxylic acids is 1. The molecular weight excluding hydrogens is 358 g/mol. The first kappa shape index (κ1) is 19.0. The van der Waals surface area contributed by atoms with Crippen LogP contribution in [-0.2, 0) is 10.2 Å². The number of aromatic carboxylic acids is 1. The first-order chi connectivity index (χ1) is 12.4. The summed E-state index contributed by atoms with van der Waals surface area (Å²) < 4.78 is 28.8. The predicted molar refractivity (Wildman–Crippen MR) is 96.3 cm³/mol. The van der Waals surface area contributed by atoms with Crippen molar-refractivity contribution in [3.8, 4) is 0 Å². The summed E-state index contributed by atoms with van der Waals surface area (Å²) in [7, 11) is -1.77. The van der Waals surface area contributed by atoms with Crippen LogP contribution in [0.1, 0.15) is 42.6 Å². The molecule has 1 aromatic heterocycles. The molecule has 1 aliphatic carbocycles. The van der Waals surface area contributed by atoms with E-state index in [0.29, 0.717) is 32.0 Å². The second-order valence-electron chi connectivity index (χ2n) is 6.77. The summed E-state index contributed by atoms with van der Waals surface area (Å²) in [5, 5.41) is 8.88. The fraction of sp³-hybridized carbons (Fsp3) is 0.688. The SMILES string of the molecule is CN(C1CCCCC1)S(=O)(=O)N1CCN(c2cnc(C(=O)O)cn2)CC1. The van der Waals surface area contributed by atoms with E-state index in [1.54, 1.807) is 11.4 Å². The Bertz CT molecular complexity index is 726. The number of nitrogens with zero attached hydrogens (tertiary/aromatic N) is 5. The van der Waals surface area contributed by atoms with E-state index < -0.39 is 16.2 Å². The topological polar surface area (TPSA) is 107 Å². The van der Waals surface area contributed by atoms with Crippen LogP contribution in [0, 0.1) is 0 Å². The van der Waals surface area contributed by atoms with Gasteiger partial charge in [-0.25, -0.2) is 14.8 Å². The minimum Gasteiger partial charge on any atom is -0.476 e. The molecule has 1 N–H and O–H groups in total. The molecular formula is C16H25N5O4S. The average Bonchev–Trinajstić information content (AvgIpc) is 2.68. The predicted octanol–water partition coefficient (Wildman–Crippen LogP) is 0.806. The van der Waals surface area contributed by atoms with Crippen molar-refractivity contribution in [3.05, 3.63) is 18.1 Å². The van der Waals surface area contributed by atoms with Gasteiger partial charge in [0.15, 0.2) is 5.69 Å². The molecule has 0 amide bonds. The van der Waals surface area contributed by atoms with E-state index in [1.807, 2.05) is 4.90 Å². The second kappa shape index (κ2) is 7.85. The number of hydrogen-bond acceptors (Lipinski definition) is 6. The molecule has 0 aromatic carbocycles. The molecule has 0 spiro atoms. The van der Waals surface area contributed by atoms with Crippen LogP contribution in [0.15, 0.2) is 12.4 Å². The lowest BCUT2D eigenvalue weighted by atomic mass is 9.96. The van der Waals surface area contributed by atoms with Crippen LogP contribution in [0.2, 0.25) is 0 Å². The van der Waals surface area contributed by atoms with Crippen molar-refractivity contribution in [2.45, 2.75) is 38.1 Å². The van der Waals surface area contributed by atoms with Crippen LogP contribution in [0.3, 0.4) is 0 Å². The molecule has 1 saturated heterocycles. The number of aromatic nitrogens is 2. The van der Waals surface area contributed by atoms with Crippen molar-refractivity contribution in [3.63, 3.8) is 0 Å². The maximum atomic E-state index is 12.9. The highest BCUT2D eigenvalue weighted by atomic mass is 32.2. The Morgan fingerprint density at radius 2 is 1.77 bits per heavy atom. The Hall–Kier alpha value is -1.78. The summed E-state index contributed by atoms with van der Waals surface area (Å²) in [5.41, 5.74) is -0.107. The van der Waals surface area contributed by atoms with E-state index >= 15 is 0 Å². The maximum absolute atomic E-state index is 12.9. The molecule has 2 fully saturated rings. The van der Waals surface area contributed by atoms with Gasteiger partial charge in [-0.05, 0) is 12.8 Å². The van der Waals surface area contributed by atoms with Gasteiger partial charge in [0.25, 0.3) is 10.2 Å². The number of anilines is 1. The Morgan fingerprint density at radius 3 is 2.31 bits per heavy atom. The fourth-order valence-corrected chi connectivity index (χ4v) is 5.13. The highest BCUT2D eigenvalue weighted by Crippen LogP contribution is 2.25. The van der Waals surface area contributed by atoms with Gasteiger partial charge in [0.1, 0.15) is 5.82 Å². The van der Waals surface area contributed by atoms with Crippen LogP contribution in [0.25, 0.3) is 0 Å². The smallest absolute Gasteiger partial charge is 0.356 e. The van der Waals surface area contributed by atoms with Crippen molar-refractivity contribution < 1.29 is 18.3 Å². The lowest BCUT2D eigenvalue weighted by Crippen LogP contribution is -2.54. The van der Waals surface area contributed by atoms with Gasteiger partial charge < -0.3 is 10.0 Å². The highest BCUT2D eigenvalue weighted by molar-refractivity contribution is 7.86. The molecule has 9 nitrogen and oxygen atoms in total. The largest absolute Gasteiger partial charge is 0.476 e. The van der Waals surface area contributed by atoms with Gasteiger partial charge in [-0.2, -0.15) is 17.0 Å². The Balaban J connectivity index is 1.61. The summed E-state index contributed by atoms with van der Waals surface area (Å²) in [4.78, 5) is 20.8. The fourth-order valence-electron chi connectivity index (χ4n) is 3.56. The normalized spacial score (nSPS) is 20.5. The van der Waals surface area contributed by atoms with E-state index in [9.17, 15) is 13.2 Å². The maximum Gasteiger partial charge on any atom is 0.356 e. The standard InChI is InChI=1S/C16H25N5O4S/c1-19(13-5-3-2-4-6-13)26(24,25)21-9-7-20(8-10-21)15-12-17-14(11-18-15)16(22)23/h11-13H,2-10H2,1H3,(H,22,23). The van der Waals surface area contributed by atoms with E-state index in [0.717, 1.165) is 25.7 Å². The lowest BCUT2D eigenvalue weighted by Gasteiger charge is -2.38. The third-order valence-corrected chi connectivity index (χ3v) is 7.24. The van der Waals surface area contributed by atoms with Crippen LogP contribution in [0.5, 0.6) is 0 Å². The molecule has 0 bridgehead atoms. The molecule has 0 unspecified atom stereocenters. The van der Waals surface area contributed by atoms with E-state index in [-0.39, 0.29) is 11.7 Å². The molecule has 1 saturated carbocycles. The summed E-state index contributed by atoms with van der Waals surface area (Å²) in [6.45, 7) is 1.75. The summed E-state index contributed by atoms with van der Waals surface area (Å²) >= 11 is 0. The molecule has 1 aliphatic heterocycles. The van der Waals surface area contributed by atoms with Crippen LogP contribution in [0.4, 0.5) is 5.82 Å². The highest BCUT2D eigenvalue weighted by Gasteiger charge is 2.34. The summed E-state index contributed by atoms with van der Waals surface area (Å²) in [6.07, 6.45) is 7.86. The van der Waals surface area contributed by atoms with Crippen molar-refractivity contribution >= 4 is 22.0 Å². The monoisotopic (exact) mass is 383 g/mol. The first-order valence-corrected chi connectivity index (χ1v) is 10.3. The second-order valence-corrected chi connectivity index (χ2v) is 8.75. The van der Waals surface area contributed by atoms with Gasteiger partial charge in [-0.3, -0.25) is 0 Å². The van der Waals surface area contributed by atoms with Crippen molar-refractivity contribution in [2.24, 2.45) is 0 Å². The van der Waals surface area contributed by atoms with E-state index in [4.69, 9.17) is 5.11 Å². The van der Waals surface area contributed by atoms with Gasteiger partial charge >= 0.3 is 5.97 Å². The van der Waals surface area contributed by atoms with Crippen LogP contribution < -0.4 is 4.90 Å². The molecule has 2 aliphatic rings. The van der Waals surface area contributed by atoms with Crippen molar-refractivity contribution in [1.29, 1.82) is 0 Å². The minimum absolute atomic E-state index is 0.0983.